The third-order valence-electron chi connectivity index (χ3n) is 7.10. The van der Waals surface area contributed by atoms with E-state index in [1.54, 1.807) is 17.7 Å². The van der Waals surface area contributed by atoms with Gasteiger partial charge in [-0.15, -0.1) is 0 Å². The number of halogens is 1. The van der Waals surface area contributed by atoms with Crippen molar-refractivity contribution in [2.75, 3.05) is 18.4 Å². The number of nitrogens with zero attached hydrogens (tertiary/aromatic N) is 4. The normalized spacial score (nSPS) is 14.8. The van der Waals surface area contributed by atoms with Crippen molar-refractivity contribution in [2.24, 2.45) is 12.0 Å². The largest absolute Gasteiger partial charge is 0.339 e. The minimum Gasteiger partial charge on any atom is -0.339 e. The molecule has 3 aromatic rings. The molecule has 1 aromatic heterocycles. The highest BCUT2D eigenvalue weighted by Crippen LogP contribution is 2.31. The van der Waals surface area contributed by atoms with Crippen LogP contribution in [0, 0.1) is 0 Å². The molecule has 8 heteroatoms. The van der Waals surface area contributed by atoms with Crippen molar-refractivity contribution in [2.45, 2.75) is 39.0 Å². The van der Waals surface area contributed by atoms with Crippen molar-refractivity contribution >= 4 is 34.3 Å². The van der Waals surface area contributed by atoms with Crippen LogP contribution in [0.3, 0.4) is 0 Å². The predicted molar refractivity (Wildman–Crippen MR) is 158 cm³/mol. The van der Waals surface area contributed by atoms with Crippen molar-refractivity contribution in [1.82, 2.24) is 14.7 Å². The monoisotopic (exact) mass is 543 g/mol. The number of nitrogens with one attached hydrogen (secondary N) is 1. The fourth-order valence-electron chi connectivity index (χ4n) is 4.74. The molecular formula is C31H34ClN5O2. The zero-order valence-corrected chi connectivity index (χ0v) is 23.4. The Bertz CT molecular complexity index is 1410. The highest BCUT2D eigenvalue weighted by atomic mass is 35.5. The topological polar surface area (TPSA) is 79.6 Å². The minimum absolute atomic E-state index is 0.0202. The van der Waals surface area contributed by atoms with Crippen LogP contribution in [0.15, 0.2) is 84.3 Å². The Morgan fingerprint density at radius 1 is 1.15 bits per heavy atom. The van der Waals surface area contributed by atoms with Gasteiger partial charge in [0.15, 0.2) is 0 Å². The van der Waals surface area contributed by atoms with E-state index >= 15 is 0 Å². The molecule has 0 radical (unpaired) electrons. The van der Waals surface area contributed by atoms with Crippen molar-refractivity contribution in [3.8, 4) is 11.1 Å². The molecule has 1 saturated heterocycles. The standard InChI is InChI=1S/C31H34ClN5O2/c1-5-22-7-12-26(17-28(22)35-30(38)21(3)18-33-29(32)6-2)31(39)37-15-13-25(14-16-37)23-8-10-24(11-9-23)27-19-34-36(4)20-27/h6-12,17-20,25H,2,5,13-16H2,1,3-4H3,(H,35,38)/b21-18+,33-29?. The van der Waals surface area contributed by atoms with Gasteiger partial charge in [0.2, 0.25) is 0 Å². The molecule has 0 spiro atoms. The lowest BCUT2D eigenvalue weighted by molar-refractivity contribution is -0.112. The molecular weight excluding hydrogens is 510 g/mol. The van der Waals surface area contributed by atoms with Crippen molar-refractivity contribution in [3.63, 3.8) is 0 Å². The number of carbonyl (C=O) groups excluding carboxylic acids is 2. The van der Waals surface area contributed by atoms with E-state index in [1.807, 2.05) is 43.4 Å². The summed E-state index contributed by atoms with van der Waals surface area (Å²) in [5.41, 5.74) is 6.09. The van der Waals surface area contributed by atoms with Crippen LogP contribution in [0.2, 0.25) is 0 Å². The van der Waals surface area contributed by atoms with Crippen LogP contribution in [0.5, 0.6) is 0 Å². The van der Waals surface area contributed by atoms with Gasteiger partial charge in [-0.2, -0.15) is 5.10 Å². The Balaban J connectivity index is 1.40. The van der Waals surface area contributed by atoms with Gasteiger partial charge in [0, 0.05) is 54.9 Å². The first-order valence-electron chi connectivity index (χ1n) is 13.1. The molecule has 202 valence electrons. The number of likely N-dealkylation sites (tertiary alicyclic amines) is 1. The summed E-state index contributed by atoms with van der Waals surface area (Å²) in [7, 11) is 1.92. The Kier molecular flexibility index (Phi) is 9.15. The van der Waals surface area contributed by atoms with Crippen LogP contribution in [0.1, 0.15) is 54.1 Å². The lowest BCUT2D eigenvalue weighted by atomic mass is 9.88. The van der Waals surface area contributed by atoms with Gasteiger partial charge in [0.1, 0.15) is 5.17 Å². The summed E-state index contributed by atoms with van der Waals surface area (Å²) in [4.78, 5) is 32.0. The predicted octanol–water partition coefficient (Wildman–Crippen LogP) is 6.33. The highest BCUT2D eigenvalue weighted by Gasteiger charge is 2.25. The van der Waals surface area contributed by atoms with E-state index < -0.39 is 0 Å². The first-order valence-corrected chi connectivity index (χ1v) is 13.5. The summed E-state index contributed by atoms with van der Waals surface area (Å²) in [6.07, 6.45) is 9.22. The van der Waals surface area contributed by atoms with E-state index in [4.69, 9.17) is 11.6 Å². The molecule has 0 atom stereocenters. The summed E-state index contributed by atoms with van der Waals surface area (Å²) < 4.78 is 1.80. The number of hydrogen-bond donors (Lipinski definition) is 1. The lowest BCUT2D eigenvalue weighted by Crippen LogP contribution is -2.38. The van der Waals surface area contributed by atoms with Gasteiger partial charge in [0.25, 0.3) is 11.8 Å². The maximum absolute atomic E-state index is 13.4. The van der Waals surface area contributed by atoms with Crippen LogP contribution in [-0.4, -0.2) is 44.8 Å². The van der Waals surface area contributed by atoms with Crippen LogP contribution < -0.4 is 5.32 Å². The van der Waals surface area contributed by atoms with Gasteiger partial charge in [-0.3, -0.25) is 14.3 Å². The molecule has 0 saturated carbocycles. The average molecular weight is 544 g/mol. The van der Waals surface area contributed by atoms with Crippen LogP contribution in [0.4, 0.5) is 5.69 Å². The number of benzene rings is 2. The number of aliphatic imine (C=N–C) groups is 1. The number of hydrogen-bond acceptors (Lipinski definition) is 4. The summed E-state index contributed by atoms with van der Waals surface area (Å²) in [5, 5.41) is 7.38. The Morgan fingerprint density at radius 2 is 1.87 bits per heavy atom. The zero-order valence-electron chi connectivity index (χ0n) is 22.7. The number of piperidine rings is 1. The van der Waals surface area contributed by atoms with Crippen LogP contribution in [-0.2, 0) is 18.3 Å². The van der Waals surface area contributed by atoms with Gasteiger partial charge in [-0.05, 0) is 67.0 Å². The molecule has 0 aliphatic carbocycles. The molecule has 0 bridgehead atoms. The van der Waals surface area contributed by atoms with Crippen LogP contribution in [0.25, 0.3) is 11.1 Å². The number of anilines is 1. The Labute approximate surface area is 234 Å². The summed E-state index contributed by atoms with van der Waals surface area (Å²) >= 11 is 5.84. The quantitative estimate of drug-likeness (QED) is 0.266. The third-order valence-corrected chi connectivity index (χ3v) is 7.35. The smallest absolute Gasteiger partial charge is 0.253 e. The molecule has 7 nitrogen and oxygen atoms in total. The second kappa shape index (κ2) is 12.7. The zero-order chi connectivity index (χ0) is 27.9. The molecule has 2 amide bonds. The summed E-state index contributed by atoms with van der Waals surface area (Å²) in [6.45, 7) is 8.59. The van der Waals surface area contributed by atoms with E-state index in [-0.39, 0.29) is 17.0 Å². The lowest BCUT2D eigenvalue weighted by Gasteiger charge is -2.32. The first kappa shape index (κ1) is 28.0. The molecule has 1 aliphatic rings. The highest BCUT2D eigenvalue weighted by molar-refractivity contribution is 6.68. The molecule has 0 unspecified atom stereocenters. The summed E-state index contributed by atoms with van der Waals surface area (Å²) in [6, 6.07) is 14.2. The molecule has 1 fully saturated rings. The van der Waals surface area contributed by atoms with Gasteiger partial charge >= 0.3 is 0 Å². The van der Waals surface area contributed by atoms with Crippen molar-refractivity contribution in [1.29, 1.82) is 0 Å². The Morgan fingerprint density at radius 3 is 2.49 bits per heavy atom. The SMILES string of the molecule is C=CC(Cl)=N/C=C(\C)C(=O)Nc1cc(C(=O)N2CCC(c3ccc(-c4cnn(C)c4)cc3)CC2)ccc1CC. The third kappa shape index (κ3) is 6.92. The van der Waals surface area contributed by atoms with E-state index in [2.05, 4.69) is 46.3 Å². The number of aromatic nitrogens is 2. The van der Waals surface area contributed by atoms with E-state index in [0.29, 0.717) is 35.8 Å². The van der Waals surface area contributed by atoms with E-state index in [0.717, 1.165) is 36.0 Å². The van der Waals surface area contributed by atoms with Gasteiger partial charge in [0.05, 0.1) is 6.20 Å². The minimum atomic E-state index is -0.304. The number of aryl methyl sites for hydroxylation is 2. The summed E-state index contributed by atoms with van der Waals surface area (Å²) in [5.74, 6) is 0.0939. The van der Waals surface area contributed by atoms with Gasteiger partial charge in [-0.1, -0.05) is 55.4 Å². The van der Waals surface area contributed by atoms with E-state index in [1.165, 1.54) is 17.8 Å². The van der Waals surface area contributed by atoms with Crippen molar-refractivity contribution < 1.29 is 9.59 Å². The molecule has 2 aromatic carbocycles. The molecule has 1 aliphatic heterocycles. The number of rotatable bonds is 8. The molecule has 1 N–H and O–H groups in total. The molecule has 39 heavy (non-hydrogen) atoms. The van der Waals surface area contributed by atoms with Gasteiger partial charge < -0.3 is 10.2 Å². The maximum Gasteiger partial charge on any atom is 0.253 e. The Hall–Kier alpha value is -3.97. The number of amides is 2. The fourth-order valence-corrected chi connectivity index (χ4v) is 4.79. The maximum atomic E-state index is 13.4. The first-order chi connectivity index (χ1) is 18.8. The van der Waals surface area contributed by atoms with E-state index in [9.17, 15) is 9.59 Å². The molecule has 2 heterocycles. The van der Waals surface area contributed by atoms with Gasteiger partial charge in [-0.25, -0.2) is 4.99 Å². The van der Waals surface area contributed by atoms with Crippen molar-refractivity contribution in [3.05, 3.63) is 96.0 Å². The van der Waals surface area contributed by atoms with Crippen LogP contribution >= 0.6 is 11.6 Å². The second-order valence-electron chi connectivity index (χ2n) is 9.74. The average Bonchev–Trinajstić information content (AvgIpc) is 3.41. The number of allylic oxidation sites excluding steroid dienone is 1. The number of carbonyl (C=O) groups is 2. The molecule has 4 rings (SSSR count). The fraction of sp³-hybridized carbons (Fsp3) is 0.290. The second-order valence-corrected chi connectivity index (χ2v) is 10.1.